The predicted octanol–water partition coefficient (Wildman–Crippen LogP) is 4.27. The maximum Gasteiger partial charge on any atom is 0.124 e. The second-order valence-electron chi connectivity index (χ2n) is 5.04. The number of H-pyrrole nitrogens is 1. The number of phenols is 1. The average molecular weight is 279 g/mol. The molecule has 0 fully saturated rings. The molecule has 1 heterocycles. The molecule has 3 rings (SSSR count). The lowest BCUT2D eigenvalue weighted by Crippen LogP contribution is -1.95. The molecule has 0 saturated heterocycles. The molecule has 0 aliphatic rings. The fraction of sp³-hybridized carbons (Fsp3) is 0.111. The summed E-state index contributed by atoms with van der Waals surface area (Å²) in [6.45, 7) is 2.48. The number of ether oxygens (including phenoxy) is 1. The van der Waals surface area contributed by atoms with Crippen LogP contribution in [0.2, 0.25) is 0 Å². The molecule has 2 aromatic carbocycles. The van der Waals surface area contributed by atoms with Crippen LogP contribution >= 0.6 is 0 Å². The molecule has 106 valence electrons. The predicted molar refractivity (Wildman–Crippen MR) is 83.4 cm³/mol. The van der Waals surface area contributed by atoms with Crippen molar-refractivity contribution in [1.29, 1.82) is 0 Å². The summed E-state index contributed by atoms with van der Waals surface area (Å²) in [5.41, 5.74) is 4.05. The van der Waals surface area contributed by atoms with Gasteiger partial charge in [0.2, 0.25) is 0 Å². The van der Waals surface area contributed by atoms with E-state index in [4.69, 9.17) is 4.74 Å². The Morgan fingerprint density at radius 2 is 1.81 bits per heavy atom. The molecule has 0 aliphatic heterocycles. The van der Waals surface area contributed by atoms with E-state index in [0.29, 0.717) is 12.4 Å². The van der Waals surface area contributed by atoms with Crippen molar-refractivity contribution in [3.63, 3.8) is 0 Å². The van der Waals surface area contributed by atoms with E-state index in [0.717, 1.165) is 22.5 Å². The molecule has 0 spiro atoms. The Hall–Kier alpha value is -2.68. The minimum atomic E-state index is 0.197. The normalized spacial score (nSPS) is 10.5. The molecule has 3 nitrogen and oxygen atoms in total. The van der Waals surface area contributed by atoms with Crippen LogP contribution in [0.5, 0.6) is 11.5 Å². The van der Waals surface area contributed by atoms with Crippen molar-refractivity contribution in [2.45, 2.75) is 13.5 Å². The molecule has 0 bridgehead atoms. The van der Waals surface area contributed by atoms with E-state index in [1.54, 1.807) is 12.1 Å². The van der Waals surface area contributed by atoms with E-state index in [9.17, 15) is 5.11 Å². The first-order valence-corrected chi connectivity index (χ1v) is 6.87. The fourth-order valence-electron chi connectivity index (χ4n) is 2.24. The summed E-state index contributed by atoms with van der Waals surface area (Å²) >= 11 is 0. The minimum Gasteiger partial charge on any atom is -0.508 e. The van der Waals surface area contributed by atoms with Crippen molar-refractivity contribution in [3.05, 3.63) is 71.9 Å². The van der Waals surface area contributed by atoms with Gasteiger partial charge in [-0.3, -0.25) is 0 Å². The molecule has 1 aromatic heterocycles. The van der Waals surface area contributed by atoms with Gasteiger partial charge in [0.05, 0.1) is 0 Å². The summed E-state index contributed by atoms with van der Waals surface area (Å²) in [6.07, 6.45) is 0. The van der Waals surface area contributed by atoms with Crippen LogP contribution in [0.15, 0.2) is 60.7 Å². The maximum absolute atomic E-state index is 9.87. The number of aromatic hydroxyl groups is 1. The van der Waals surface area contributed by atoms with Gasteiger partial charge in [-0.2, -0.15) is 0 Å². The molecular weight excluding hydrogens is 262 g/mol. The first-order chi connectivity index (χ1) is 10.2. The number of hydrogen-bond donors (Lipinski definition) is 2. The van der Waals surface area contributed by atoms with E-state index in [2.05, 4.69) is 4.98 Å². The molecule has 0 atom stereocenters. The van der Waals surface area contributed by atoms with Gasteiger partial charge in [0.15, 0.2) is 0 Å². The molecule has 2 N–H and O–H groups in total. The van der Waals surface area contributed by atoms with Crippen molar-refractivity contribution in [2.24, 2.45) is 0 Å². The number of nitrogens with one attached hydrogen (secondary N) is 1. The first-order valence-electron chi connectivity index (χ1n) is 6.87. The third kappa shape index (κ3) is 3.26. The van der Waals surface area contributed by atoms with Gasteiger partial charge in [0.25, 0.3) is 0 Å². The molecule has 0 aliphatic carbocycles. The Morgan fingerprint density at radius 3 is 2.52 bits per heavy atom. The molecule has 0 saturated carbocycles. The van der Waals surface area contributed by atoms with Crippen molar-refractivity contribution < 1.29 is 9.84 Å². The van der Waals surface area contributed by atoms with Gasteiger partial charge in [-0.25, -0.2) is 0 Å². The topological polar surface area (TPSA) is 45.2 Å². The SMILES string of the molecule is Cc1ccc(-c2cc(O)cc(OCc3ccccc3)c2)[nH]1. The number of hydrogen-bond acceptors (Lipinski definition) is 2. The smallest absolute Gasteiger partial charge is 0.124 e. The lowest BCUT2D eigenvalue weighted by molar-refractivity contribution is 0.304. The quantitative estimate of drug-likeness (QED) is 0.749. The fourth-order valence-corrected chi connectivity index (χ4v) is 2.24. The summed E-state index contributed by atoms with van der Waals surface area (Å²) < 4.78 is 5.77. The van der Waals surface area contributed by atoms with E-state index in [1.165, 1.54) is 0 Å². The number of aryl methyl sites for hydroxylation is 1. The molecule has 3 aromatic rings. The molecule has 0 unspecified atom stereocenters. The largest absolute Gasteiger partial charge is 0.508 e. The van der Waals surface area contributed by atoms with Crippen molar-refractivity contribution in [1.82, 2.24) is 4.98 Å². The highest BCUT2D eigenvalue weighted by Gasteiger charge is 2.05. The van der Waals surface area contributed by atoms with Gasteiger partial charge >= 0.3 is 0 Å². The Bertz CT molecular complexity index is 732. The van der Waals surface area contributed by atoms with Crippen molar-refractivity contribution in [3.8, 4) is 22.8 Å². The number of benzene rings is 2. The second-order valence-corrected chi connectivity index (χ2v) is 5.04. The Kier molecular flexibility index (Phi) is 3.65. The summed E-state index contributed by atoms with van der Waals surface area (Å²) in [5.74, 6) is 0.851. The van der Waals surface area contributed by atoms with Crippen LogP contribution < -0.4 is 4.74 Å². The van der Waals surface area contributed by atoms with Crippen LogP contribution in [0.1, 0.15) is 11.3 Å². The number of phenolic OH excluding ortho intramolecular Hbond substituents is 1. The van der Waals surface area contributed by atoms with Gasteiger partial charge in [0, 0.05) is 23.0 Å². The summed E-state index contributed by atoms with van der Waals surface area (Å²) in [5, 5.41) is 9.87. The summed E-state index contributed by atoms with van der Waals surface area (Å²) in [4.78, 5) is 3.25. The second kappa shape index (κ2) is 5.75. The zero-order valence-electron chi connectivity index (χ0n) is 11.8. The van der Waals surface area contributed by atoms with Gasteiger partial charge in [-0.1, -0.05) is 30.3 Å². The molecule has 3 heteroatoms. The van der Waals surface area contributed by atoms with E-state index < -0.39 is 0 Å². The van der Waals surface area contributed by atoms with Crippen LogP contribution in [0.25, 0.3) is 11.3 Å². The zero-order chi connectivity index (χ0) is 14.7. The van der Waals surface area contributed by atoms with Crippen LogP contribution in [0.4, 0.5) is 0 Å². The Labute approximate surface area is 123 Å². The Balaban J connectivity index is 1.81. The number of aromatic amines is 1. The van der Waals surface area contributed by atoms with E-state index in [1.807, 2.05) is 55.5 Å². The average Bonchev–Trinajstić information content (AvgIpc) is 2.92. The minimum absolute atomic E-state index is 0.197. The molecule has 0 amide bonds. The maximum atomic E-state index is 9.87. The van der Waals surface area contributed by atoms with Crippen LogP contribution in [-0.4, -0.2) is 10.1 Å². The zero-order valence-corrected chi connectivity index (χ0v) is 11.8. The molecule has 0 radical (unpaired) electrons. The monoisotopic (exact) mass is 279 g/mol. The number of rotatable bonds is 4. The van der Waals surface area contributed by atoms with Crippen LogP contribution in [0.3, 0.4) is 0 Å². The standard InChI is InChI=1S/C18H17NO2/c1-13-7-8-18(19-13)15-9-16(20)11-17(10-15)21-12-14-5-3-2-4-6-14/h2-11,19-20H,12H2,1H3. The van der Waals surface area contributed by atoms with Crippen LogP contribution in [-0.2, 0) is 6.61 Å². The molecule has 21 heavy (non-hydrogen) atoms. The lowest BCUT2D eigenvalue weighted by Gasteiger charge is -2.09. The van der Waals surface area contributed by atoms with Crippen molar-refractivity contribution >= 4 is 0 Å². The lowest BCUT2D eigenvalue weighted by atomic mass is 10.1. The first kappa shape index (κ1) is 13.3. The highest BCUT2D eigenvalue weighted by molar-refractivity contribution is 5.64. The Morgan fingerprint density at radius 1 is 1.00 bits per heavy atom. The molecular formula is C18H17NO2. The summed E-state index contributed by atoms with van der Waals surface area (Å²) in [6, 6.07) is 19.2. The van der Waals surface area contributed by atoms with Gasteiger partial charge in [0.1, 0.15) is 18.1 Å². The van der Waals surface area contributed by atoms with Crippen molar-refractivity contribution in [2.75, 3.05) is 0 Å². The summed E-state index contributed by atoms with van der Waals surface area (Å²) in [7, 11) is 0. The van der Waals surface area contributed by atoms with E-state index in [-0.39, 0.29) is 5.75 Å². The third-order valence-corrected chi connectivity index (χ3v) is 3.28. The van der Waals surface area contributed by atoms with Gasteiger partial charge in [-0.15, -0.1) is 0 Å². The van der Waals surface area contributed by atoms with Gasteiger partial charge in [-0.05, 0) is 36.8 Å². The van der Waals surface area contributed by atoms with Crippen LogP contribution in [0, 0.1) is 6.92 Å². The van der Waals surface area contributed by atoms with E-state index >= 15 is 0 Å². The van der Waals surface area contributed by atoms with Gasteiger partial charge < -0.3 is 14.8 Å². The number of aromatic nitrogens is 1. The highest BCUT2D eigenvalue weighted by Crippen LogP contribution is 2.29. The highest BCUT2D eigenvalue weighted by atomic mass is 16.5. The third-order valence-electron chi connectivity index (χ3n) is 3.28.